The quantitative estimate of drug-likeness (QED) is 0.463. The number of allylic oxidation sites excluding steroid dienone is 1. The second kappa shape index (κ2) is 9.85. The minimum atomic E-state index is -0.440. The molecule has 0 spiro atoms. The number of fused-ring (bicyclic) bond motifs is 1. The molecule has 1 heterocycles. The highest BCUT2D eigenvalue weighted by molar-refractivity contribution is 6.01. The van der Waals surface area contributed by atoms with Crippen LogP contribution in [0.5, 0.6) is 23.0 Å². The number of ketones is 1. The van der Waals surface area contributed by atoms with Crippen molar-refractivity contribution in [2.45, 2.75) is 24.8 Å². The van der Waals surface area contributed by atoms with Crippen molar-refractivity contribution in [2.75, 3.05) is 39.1 Å². The third-order valence-electron chi connectivity index (χ3n) is 6.92. The number of ether oxygens (including phenoxy) is 4. The van der Waals surface area contributed by atoms with Gasteiger partial charge in [0.05, 0.1) is 45.9 Å². The third-order valence-corrected chi connectivity index (χ3v) is 6.92. The second-order valence-corrected chi connectivity index (χ2v) is 8.89. The Kier molecular flexibility index (Phi) is 6.46. The predicted molar refractivity (Wildman–Crippen MR) is 140 cm³/mol. The standard InChI is InChI=1S/C29H30N2O5/c1-33-19-9-7-8-17(12-19)18-13-23-28(24(32)14-18)29(31-22-11-6-5-10-21(22)30-23)20-15-26(35-3)27(36-4)16-25(20)34-2/h5-12,15-16,18,29-31H,13-14H2,1-4H3. The number of nitrogens with one attached hydrogen (secondary N) is 2. The average molecular weight is 487 g/mol. The van der Waals surface area contributed by atoms with Crippen LogP contribution in [-0.4, -0.2) is 34.2 Å². The van der Waals surface area contributed by atoms with Gasteiger partial charge in [0.2, 0.25) is 0 Å². The molecule has 0 bridgehead atoms. The number of Topliss-reactive ketones (excluding diaryl/α,β-unsaturated/α-hetero) is 1. The highest BCUT2D eigenvalue weighted by Crippen LogP contribution is 2.48. The van der Waals surface area contributed by atoms with Crippen molar-refractivity contribution in [1.29, 1.82) is 0 Å². The Balaban J connectivity index is 1.65. The Labute approximate surface area is 211 Å². The molecule has 2 aliphatic rings. The first-order chi connectivity index (χ1) is 17.6. The van der Waals surface area contributed by atoms with Crippen molar-refractivity contribution in [2.24, 2.45) is 0 Å². The van der Waals surface area contributed by atoms with E-state index in [1.807, 2.05) is 48.5 Å². The van der Waals surface area contributed by atoms with E-state index in [4.69, 9.17) is 18.9 Å². The van der Waals surface area contributed by atoms with Crippen LogP contribution in [0.1, 0.15) is 35.9 Å². The van der Waals surface area contributed by atoms with Gasteiger partial charge in [-0.1, -0.05) is 24.3 Å². The lowest BCUT2D eigenvalue weighted by Crippen LogP contribution is -2.27. The Morgan fingerprint density at radius 1 is 0.750 bits per heavy atom. The molecule has 3 aromatic rings. The summed E-state index contributed by atoms with van der Waals surface area (Å²) in [5.74, 6) is 2.65. The number of carbonyl (C=O) groups is 1. The van der Waals surface area contributed by atoms with Crippen molar-refractivity contribution in [3.63, 3.8) is 0 Å². The van der Waals surface area contributed by atoms with Gasteiger partial charge in [-0.2, -0.15) is 0 Å². The van der Waals surface area contributed by atoms with Crippen molar-refractivity contribution in [3.05, 3.63) is 83.1 Å². The molecular weight excluding hydrogens is 456 g/mol. The first-order valence-corrected chi connectivity index (χ1v) is 11.9. The summed E-state index contributed by atoms with van der Waals surface area (Å²) < 4.78 is 22.3. The van der Waals surface area contributed by atoms with Gasteiger partial charge in [0.15, 0.2) is 17.3 Å². The number of methoxy groups -OCH3 is 4. The van der Waals surface area contributed by atoms with E-state index < -0.39 is 6.04 Å². The summed E-state index contributed by atoms with van der Waals surface area (Å²) in [7, 11) is 6.46. The van der Waals surface area contributed by atoms with Crippen molar-refractivity contribution in [1.82, 2.24) is 0 Å². The zero-order valence-electron chi connectivity index (χ0n) is 20.9. The fraction of sp³-hybridized carbons (Fsp3) is 0.276. The summed E-state index contributed by atoms with van der Waals surface area (Å²) in [6, 6.07) is 19.2. The lowest BCUT2D eigenvalue weighted by atomic mass is 9.78. The summed E-state index contributed by atoms with van der Waals surface area (Å²) >= 11 is 0. The van der Waals surface area contributed by atoms with Crippen LogP contribution in [0.25, 0.3) is 0 Å². The van der Waals surface area contributed by atoms with Crippen LogP contribution in [0.2, 0.25) is 0 Å². The zero-order valence-corrected chi connectivity index (χ0v) is 20.9. The van der Waals surface area contributed by atoms with E-state index in [-0.39, 0.29) is 11.7 Å². The van der Waals surface area contributed by atoms with E-state index in [9.17, 15) is 4.79 Å². The fourth-order valence-electron chi connectivity index (χ4n) is 5.14. The Morgan fingerprint density at radius 3 is 2.19 bits per heavy atom. The Morgan fingerprint density at radius 2 is 1.47 bits per heavy atom. The molecule has 7 nitrogen and oxygen atoms in total. The summed E-state index contributed by atoms with van der Waals surface area (Å²) in [6.45, 7) is 0. The molecule has 36 heavy (non-hydrogen) atoms. The number of anilines is 2. The molecule has 0 aromatic heterocycles. The number of para-hydroxylation sites is 2. The maximum Gasteiger partial charge on any atom is 0.164 e. The fourth-order valence-corrected chi connectivity index (χ4v) is 5.14. The summed E-state index contributed by atoms with van der Waals surface area (Å²) in [5.41, 5.74) is 5.32. The van der Waals surface area contributed by atoms with Crippen LogP contribution in [0.15, 0.2) is 71.9 Å². The molecule has 5 rings (SSSR count). The summed E-state index contributed by atoms with van der Waals surface area (Å²) in [5, 5.41) is 7.18. The third kappa shape index (κ3) is 4.21. The molecule has 1 aliphatic carbocycles. The van der Waals surface area contributed by atoms with E-state index in [0.717, 1.165) is 33.9 Å². The van der Waals surface area contributed by atoms with Crippen LogP contribution in [0.3, 0.4) is 0 Å². The van der Waals surface area contributed by atoms with Gasteiger partial charge in [-0.25, -0.2) is 0 Å². The Hall–Kier alpha value is -4.13. The number of benzene rings is 3. The van der Waals surface area contributed by atoms with Crippen LogP contribution in [-0.2, 0) is 4.79 Å². The van der Waals surface area contributed by atoms with Crippen molar-refractivity contribution in [3.8, 4) is 23.0 Å². The first kappa shape index (κ1) is 23.6. The molecule has 0 amide bonds. The van der Waals surface area contributed by atoms with Gasteiger partial charge in [0.1, 0.15) is 11.5 Å². The van der Waals surface area contributed by atoms with E-state index in [2.05, 4.69) is 16.7 Å². The Bertz CT molecular complexity index is 1330. The van der Waals surface area contributed by atoms with Gasteiger partial charge in [-0.3, -0.25) is 4.79 Å². The number of hydrogen-bond acceptors (Lipinski definition) is 7. The molecule has 2 atom stereocenters. The van der Waals surface area contributed by atoms with Gasteiger partial charge < -0.3 is 29.6 Å². The first-order valence-electron chi connectivity index (χ1n) is 11.9. The number of rotatable bonds is 6. The number of carbonyl (C=O) groups excluding carboxylic acids is 1. The minimum absolute atomic E-state index is 0.0389. The summed E-state index contributed by atoms with van der Waals surface area (Å²) in [6.07, 6.45) is 1.09. The molecule has 7 heteroatoms. The SMILES string of the molecule is COc1cccc(C2CC(=O)C3=C(C2)Nc2ccccc2NC3c2cc(OC)c(OC)cc2OC)c1. The van der Waals surface area contributed by atoms with Crippen LogP contribution in [0.4, 0.5) is 11.4 Å². The average Bonchev–Trinajstić information content (AvgIpc) is 3.09. The van der Waals surface area contributed by atoms with Gasteiger partial charge in [0.25, 0.3) is 0 Å². The largest absolute Gasteiger partial charge is 0.497 e. The van der Waals surface area contributed by atoms with Gasteiger partial charge in [0, 0.05) is 29.3 Å². The maximum atomic E-state index is 13.9. The lowest BCUT2D eigenvalue weighted by molar-refractivity contribution is -0.116. The smallest absolute Gasteiger partial charge is 0.164 e. The molecule has 0 saturated heterocycles. The molecule has 1 aliphatic heterocycles. The normalized spacial score (nSPS) is 18.7. The maximum absolute atomic E-state index is 13.9. The van der Waals surface area contributed by atoms with Crippen LogP contribution in [0, 0.1) is 0 Å². The highest BCUT2D eigenvalue weighted by atomic mass is 16.5. The van der Waals surface area contributed by atoms with Crippen LogP contribution < -0.4 is 29.6 Å². The monoisotopic (exact) mass is 486 g/mol. The minimum Gasteiger partial charge on any atom is -0.497 e. The van der Waals surface area contributed by atoms with E-state index >= 15 is 0 Å². The molecule has 2 N–H and O–H groups in total. The second-order valence-electron chi connectivity index (χ2n) is 8.89. The van der Waals surface area contributed by atoms with E-state index in [1.165, 1.54) is 0 Å². The van der Waals surface area contributed by atoms with Gasteiger partial charge in [-0.15, -0.1) is 0 Å². The highest BCUT2D eigenvalue weighted by Gasteiger charge is 2.37. The lowest BCUT2D eigenvalue weighted by Gasteiger charge is -2.30. The molecular formula is C29H30N2O5. The molecule has 2 unspecified atom stereocenters. The van der Waals surface area contributed by atoms with Gasteiger partial charge in [-0.05, 0) is 48.2 Å². The zero-order chi connectivity index (χ0) is 25.2. The van der Waals surface area contributed by atoms with E-state index in [0.29, 0.717) is 35.7 Å². The molecule has 0 radical (unpaired) electrons. The summed E-state index contributed by atoms with van der Waals surface area (Å²) in [4.78, 5) is 13.9. The van der Waals surface area contributed by atoms with Crippen molar-refractivity contribution >= 4 is 17.2 Å². The molecule has 3 aromatic carbocycles. The van der Waals surface area contributed by atoms with E-state index in [1.54, 1.807) is 34.5 Å². The van der Waals surface area contributed by atoms with Crippen LogP contribution >= 0.6 is 0 Å². The molecule has 0 fully saturated rings. The van der Waals surface area contributed by atoms with Gasteiger partial charge >= 0.3 is 0 Å². The predicted octanol–water partition coefficient (Wildman–Crippen LogP) is 5.70. The topological polar surface area (TPSA) is 78.1 Å². The molecule has 0 saturated carbocycles. The number of hydrogen-bond donors (Lipinski definition) is 2. The van der Waals surface area contributed by atoms with Crippen molar-refractivity contribution < 1.29 is 23.7 Å². The molecule has 186 valence electrons.